The Balaban J connectivity index is 1.08. The van der Waals surface area contributed by atoms with Gasteiger partial charge < -0.3 is 20.1 Å². The number of aliphatic hydroxyl groups is 1. The molecular formula is C29H33FN4O3. The van der Waals surface area contributed by atoms with Crippen molar-refractivity contribution < 1.29 is 19.0 Å². The lowest BCUT2D eigenvalue weighted by atomic mass is 9.52. The number of nitrogens with zero attached hydrogens (tertiary/aromatic N) is 3. The molecule has 1 aromatic heterocycles. The lowest BCUT2D eigenvalue weighted by molar-refractivity contribution is -0.136. The lowest BCUT2D eigenvalue weighted by Crippen LogP contribution is -2.61. The van der Waals surface area contributed by atoms with Crippen molar-refractivity contribution in [1.82, 2.24) is 15.1 Å². The molecule has 0 aliphatic heterocycles. The molecule has 4 saturated carbocycles. The quantitative estimate of drug-likeness (QED) is 0.489. The monoisotopic (exact) mass is 504 g/mol. The largest absolute Gasteiger partial charge is 0.457 e. The first-order valence-electron chi connectivity index (χ1n) is 13.1. The summed E-state index contributed by atoms with van der Waals surface area (Å²) in [6.45, 7) is 0.629. The van der Waals surface area contributed by atoms with Crippen LogP contribution in [0.1, 0.15) is 48.2 Å². The van der Waals surface area contributed by atoms with Crippen LogP contribution < -0.4 is 15.0 Å². The van der Waals surface area contributed by atoms with Crippen molar-refractivity contribution in [2.75, 3.05) is 11.9 Å². The Morgan fingerprint density at radius 1 is 1.11 bits per heavy atom. The predicted octanol–water partition coefficient (Wildman–Crippen LogP) is 4.66. The second-order valence-corrected chi connectivity index (χ2v) is 11.3. The summed E-state index contributed by atoms with van der Waals surface area (Å²) in [6.07, 6.45) is 4.74. The second kappa shape index (κ2) is 9.17. The smallest absolute Gasteiger partial charge is 0.272 e. The van der Waals surface area contributed by atoms with Gasteiger partial charge in [-0.05, 0) is 91.8 Å². The molecule has 4 bridgehead atoms. The molecule has 1 amide bonds. The summed E-state index contributed by atoms with van der Waals surface area (Å²) >= 11 is 0. The first-order chi connectivity index (χ1) is 17.7. The van der Waals surface area contributed by atoms with Gasteiger partial charge in [-0.25, -0.2) is 4.39 Å². The molecule has 4 fully saturated rings. The molecule has 8 heteroatoms. The molecule has 4 aliphatic rings. The molecule has 37 heavy (non-hydrogen) atoms. The van der Waals surface area contributed by atoms with Crippen LogP contribution in [0.2, 0.25) is 0 Å². The Morgan fingerprint density at radius 2 is 1.73 bits per heavy atom. The number of aromatic nitrogens is 2. The van der Waals surface area contributed by atoms with Crippen LogP contribution in [0.3, 0.4) is 0 Å². The SMILES string of the molecule is CN(Cc1ccc(Oc2ccc(F)cc2)cc1)c1cc(C(=O)N[C@H]2C3CC4CC2C[C@](O)(C4)C3)nn1C. The maximum atomic E-state index is 13.2. The third-order valence-electron chi connectivity index (χ3n) is 8.41. The van der Waals surface area contributed by atoms with Crippen molar-refractivity contribution in [3.05, 3.63) is 71.7 Å². The van der Waals surface area contributed by atoms with Gasteiger partial charge in [0.1, 0.15) is 23.1 Å². The fraction of sp³-hybridized carbons (Fsp3) is 0.448. The van der Waals surface area contributed by atoms with Crippen LogP contribution in [0, 0.1) is 23.6 Å². The minimum Gasteiger partial charge on any atom is -0.457 e. The number of hydrogen-bond donors (Lipinski definition) is 2. The van der Waals surface area contributed by atoms with Crippen LogP contribution in [-0.4, -0.2) is 39.5 Å². The fourth-order valence-electron chi connectivity index (χ4n) is 7.02. The molecule has 1 heterocycles. The van der Waals surface area contributed by atoms with Gasteiger partial charge in [-0.3, -0.25) is 9.48 Å². The van der Waals surface area contributed by atoms with E-state index in [4.69, 9.17) is 4.74 Å². The van der Waals surface area contributed by atoms with Gasteiger partial charge in [0, 0.05) is 32.7 Å². The molecule has 0 saturated heterocycles. The van der Waals surface area contributed by atoms with E-state index in [0.29, 0.717) is 41.5 Å². The molecule has 7 rings (SSSR count). The minimum atomic E-state index is -0.510. The molecule has 3 aromatic rings. The predicted molar refractivity (Wildman–Crippen MR) is 138 cm³/mol. The van der Waals surface area contributed by atoms with Gasteiger partial charge in [0.05, 0.1) is 5.60 Å². The first-order valence-corrected chi connectivity index (χ1v) is 13.1. The highest BCUT2D eigenvalue weighted by atomic mass is 19.1. The summed E-state index contributed by atoms with van der Waals surface area (Å²) in [6, 6.07) is 15.6. The van der Waals surface area contributed by atoms with E-state index in [9.17, 15) is 14.3 Å². The van der Waals surface area contributed by atoms with Crippen molar-refractivity contribution >= 4 is 11.7 Å². The standard InChI is InChI=1S/C29H33FN4O3/c1-33(17-18-3-7-23(8-4-18)37-24-9-5-22(30)6-10-24)26-13-25(32-34(26)2)28(35)31-27-20-11-19-12-21(27)16-29(36,14-19)15-20/h3-10,13,19-21,27,36H,11-12,14-17H2,1-2H3,(H,31,35)/t19?,20?,21?,27-,29-. The fourth-order valence-corrected chi connectivity index (χ4v) is 7.02. The van der Waals surface area contributed by atoms with Crippen LogP contribution >= 0.6 is 0 Å². The van der Waals surface area contributed by atoms with Crippen molar-refractivity contribution in [3.63, 3.8) is 0 Å². The summed E-state index contributed by atoms with van der Waals surface area (Å²) in [7, 11) is 3.82. The Hall–Kier alpha value is -3.39. The summed E-state index contributed by atoms with van der Waals surface area (Å²) in [5, 5.41) is 18.6. The molecule has 2 unspecified atom stereocenters. The van der Waals surface area contributed by atoms with Gasteiger partial charge >= 0.3 is 0 Å². The number of carbonyl (C=O) groups is 1. The van der Waals surface area contributed by atoms with E-state index in [1.807, 2.05) is 44.4 Å². The maximum absolute atomic E-state index is 13.2. The van der Waals surface area contributed by atoms with Gasteiger partial charge in [-0.1, -0.05) is 12.1 Å². The number of carbonyl (C=O) groups excluding carboxylic acids is 1. The topological polar surface area (TPSA) is 79.6 Å². The second-order valence-electron chi connectivity index (χ2n) is 11.3. The molecule has 2 aromatic carbocycles. The van der Waals surface area contributed by atoms with Crippen LogP contribution in [0.5, 0.6) is 11.5 Å². The number of ether oxygens (including phenoxy) is 1. The van der Waals surface area contributed by atoms with Crippen molar-refractivity contribution in [1.29, 1.82) is 0 Å². The number of anilines is 1. The zero-order chi connectivity index (χ0) is 25.7. The van der Waals surface area contributed by atoms with Crippen LogP contribution in [0.15, 0.2) is 54.6 Å². The molecule has 0 radical (unpaired) electrons. The van der Waals surface area contributed by atoms with Crippen molar-refractivity contribution in [2.24, 2.45) is 24.8 Å². The lowest BCUT2D eigenvalue weighted by Gasteiger charge is -2.58. The van der Waals surface area contributed by atoms with E-state index in [1.54, 1.807) is 16.8 Å². The van der Waals surface area contributed by atoms with Crippen molar-refractivity contribution in [2.45, 2.75) is 50.3 Å². The molecule has 2 N–H and O–H groups in total. The van der Waals surface area contributed by atoms with Crippen LogP contribution in [0.25, 0.3) is 0 Å². The van der Waals surface area contributed by atoms with E-state index in [2.05, 4.69) is 15.3 Å². The zero-order valence-electron chi connectivity index (χ0n) is 21.2. The molecule has 194 valence electrons. The third-order valence-corrected chi connectivity index (χ3v) is 8.41. The molecule has 0 spiro atoms. The van der Waals surface area contributed by atoms with Gasteiger partial charge in [-0.15, -0.1) is 0 Å². The summed E-state index contributed by atoms with van der Waals surface area (Å²) < 4.78 is 20.6. The highest BCUT2D eigenvalue weighted by molar-refractivity contribution is 5.93. The Bertz CT molecular complexity index is 1270. The Labute approximate surface area is 216 Å². The van der Waals surface area contributed by atoms with E-state index in [-0.39, 0.29) is 17.8 Å². The number of halogens is 1. The number of hydrogen-bond acceptors (Lipinski definition) is 5. The van der Waals surface area contributed by atoms with E-state index in [0.717, 1.165) is 43.5 Å². The zero-order valence-corrected chi connectivity index (χ0v) is 21.2. The van der Waals surface area contributed by atoms with Gasteiger partial charge in [-0.2, -0.15) is 5.10 Å². The van der Waals surface area contributed by atoms with Crippen molar-refractivity contribution in [3.8, 4) is 11.5 Å². The summed E-state index contributed by atoms with van der Waals surface area (Å²) in [5.74, 6) is 2.99. The summed E-state index contributed by atoms with van der Waals surface area (Å²) in [5.41, 5.74) is 0.983. The van der Waals surface area contributed by atoms with E-state index in [1.165, 1.54) is 12.1 Å². The number of benzene rings is 2. The van der Waals surface area contributed by atoms with E-state index >= 15 is 0 Å². The first kappa shape index (κ1) is 24.0. The van der Waals surface area contributed by atoms with Crippen LogP contribution in [0.4, 0.5) is 10.2 Å². The number of aryl methyl sites for hydroxylation is 1. The van der Waals surface area contributed by atoms with Gasteiger partial charge in [0.2, 0.25) is 0 Å². The maximum Gasteiger partial charge on any atom is 0.272 e. The van der Waals surface area contributed by atoms with Gasteiger partial charge in [0.25, 0.3) is 5.91 Å². The number of amides is 1. The van der Waals surface area contributed by atoms with Gasteiger partial charge in [0.15, 0.2) is 5.69 Å². The molecule has 7 nitrogen and oxygen atoms in total. The summed E-state index contributed by atoms with van der Waals surface area (Å²) in [4.78, 5) is 15.2. The highest BCUT2D eigenvalue weighted by Crippen LogP contribution is 2.55. The molecule has 4 aliphatic carbocycles. The Kier molecular flexibility index (Phi) is 5.94. The normalized spacial score (nSPS) is 27.8. The molecule has 2 atom stereocenters. The highest BCUT2D eigenvalue weighted by Gasteiger charge is 2.55. The average molecular weight is 505 g/mol. The van der Waals surface area contributed by atoms with Crippen LogP contribution in [-0.2, 0) is 13.6 Å². The third kappa shape index (κ3) is 4.82. The minimum absolute atomic E-state index is 0.128. The Morgan fingerprint density at radius 3 is 2.35 bits per heavy atom. The number of rotatable bonds is 7. The average Bonchev–Trinajstić information content (AvgIpc) is 3.25. The van der Waals surface area contributed by atoms with E-state index < -0.39 is 5.60 Å². The number of nitrogens with one attached hydrogen (secondary N) is 1. The molecular weight excluding hydrogens is 471 g/mol.